The maximum atomic E-state index is 4.28. The summed E-state index contributed by atoms with van der Waals surface area (Å²) in [5.74, 6) is 0. The van der Waals surface area contributed by atoms with E-state index in [1.54, 1.807) is 0 Å². The number of aryl methyl sites for hydroxylation is 2. The van der Waals surface area contributed by atoms with E-state index < -0.39 is 0 Å². The summed E-state index contributed by atoms with van der Waals surface area (Å²) < 4.78 is 0. The van der Waals surface area contributed by atoms with Crippen LogP contribution in [0.4, 0.5) is 0 Å². The van der Waals surface area contributed by atoms with Crippen LogP contribution in [0.2, 0.25) is 0 Å². The molecule has 0 bridgehead atoms. The highest BCUT2D eigenvalue weighted by Crippen LogP contribution is 2.15. The van der Waals surface area contributed by atoms with Gasteiger partial charge in [-0.25, -0.2) is 0 Å². The van der Waals surface area contributed by atoms with Gasteiger partial charge >= 0.3 is 0 Å². The summed E-state index contributed by atoms with van der Waals surface area (Å²) in [4.78, 5) is 9.21. The van der Waals surface area contributed by atoms with Gasteiger partial charge in [0.2, 0.25) is 0 Å². The van der Waals surface area contributed by atoms with Crippen molar-refractivity contribution in [3.05, 3.63) is 47.0 Å². The molecule has 21 heavy (non-hydrogen) atoms. The van der Waals surface area contributed by atoms with Gasteiger partial charge in [0, 0.05) is 62.9 Å². The molecule has 0 saturated carbocycles. The molecule has 5 heteroatoms. The molecule has 1 aliphatic heterocycles. The topological polar surface area (TPSA) is 48.1 Å². The van der Waals surface area contributed by atoms with Gasteiger partial charge in [0.15, 0.2) is 0 Å². The van der Waals surface area contributed by atoms with Crippen molar-refractivity contribution >= 4 is 0 Å². The Balaban J connectivity index is 1.51. The van der Waals surface area contributed by atoms with Crippen LogP contribution < -0.4 is 0 Å². The molecule has 112 valence electrons. The second-order valence-corrected chi connectivity index (χ2v) is 5.83. The molecule has 1 fully saturated rings. The summed E-state index contributed by atoms with van der Waals surface area (Å²) in [7, 11) is 0. The summed E-state index contributed by atoms with van der Waals surface area (Å²) >= 11 is 0. The van der Waals surface area contributed by atoms with Crippen LogP contribution >= 0.6 is 0 Å². The van der Waals surface area contributed by atoms with Crippen molar-refractivity contribution in [3.8, 4) is 0 Å². The van der Waals surface area contributed by atoms with E-state index in [1.807, 2.05) is 18.5 Å². The predicted molar refractivity (Wildman–Crippen MR) is 82.9 cm³/mol. The lowest BCUT2D eigenvalue weighted by Gasteiger charge is -2.34. The van der Waals surface area contributed by atoms with Crippen LogP contribution in [0.3, 0.4) is 0 Å². The Labute approximate surface area is 126 Å². The molecule has 5 nitrogen and oxygen atoms in total. The van der Waals surface area contributed by atoms with Crippen LogP contribution in [-0.2, 0) is 13.1 Å². The molecule has 0 aromatic carbocycles. The third-order valence-electron chi connectivity index (χ3n) is 4.26. The Bertz CT molecular complexity index is 550. The van der Waals surface area contributed by atoms with E-state index in [0.29, 0.717) is 0 Å². The first-order chi connectivity index (χ1) is 10.2. The Morgan fingerprint density at radius 3 is 2.38 bits per heavy atom. The van der Waals surface area contributed by atoms with Crippen molar-refractivity contribution in [2.45, 2.75) is 26.9 Å². The zero-order valence-corrected chi connectivity index (χ0v) is 12.8. The fourth-order valence-electron chi connectivity index (χ4n) is 2.89. The summed E-state index contributed by atoms with van der Waals surface area (Å²) in [6, 6.07) is 4.16. The maximum Gasteiger partial charge on any atom is 0.0639 e. The zero-order valence-electron chi connectivity index (χ0n) is 12.8. The monoisotopic (exact) mass is 285 g/mol. The first kappa shape index (κ1) is 14.2. The van der Waals surface area contributed by atoms with Crippen LogP contribution in [0, 0.1) is 13.8 Å². The van der Waals surface area contributed by atoms with Crippen molar-refractivity contribution < 1.29 is 0 Å². The highest BCUT2D eigenvalue weighted by atomic mass is 15.3. The van der Waals surface area contributed by atoms with Gasteiger partial charge < -0.3 is 0 Å². The summed E-state index contributed by atoms with van der Waals surface area (Å²) in [6.45, 7) is 10.7. The van der Waals surface area contributed by atoms with Crippen LogP contribution in [-0.4, -0.2) is 51.2 Å². The normalized spacial score (nSPS) is 17.2. The molecule has 1 saturated heterocycles. The number of hydrogen-bond acceptors (Lipinski definition) is 4. The Morgan fingerprint density at radius 2 is 1.81 bits per heavy atom. The van der Waals surface area contributed by atoms with Gasteiger partial charge in [-0.3, -0.25) is 19.9 Å². The number of hydrogen-bond donors (Lipinski definition) is 1. The highest BCUT2D eigenvalue weighted by molar-refractivity contribution is 5.23. The number of piperazine rings is 1. The molecule has 1 N–H and O–H groups in total. The van der Waals surface area contributed by atoms with E-state index in [-0.39, 0.29) is 0 Å². The van der Waals surface area contributed by atoms with Gasteiger partial charge in [-0.2, -0.15) is 5.10 Å². The highest BCUT2D eigenvalue weighted by Gasteiger charge is 2.19. The quantitative estimate of drug-likeness (QED) is 0.929. The fraction of sp³-hybridized carbons (Fsp3) is 0.500. The van der Waals surface area contributed by atoms with Crippen LogP contribution in [0.5, 0.6) is 0 Å². The molecule has 1 aliphatic rings. The van der Waals surface area contributed by atoms with E-state index in [1.165, 1.54) is 16.8 Å². The number of aromatic nitrogens is 3. The fourth-order valence-corrected chi connectivity index (χ4v) is 2.89. The average molecular weight is 285 g/mol. The van der Waals surface area contributed by atoms with E-state index in [2.05, 4.69) is 44.9 Å². The van der Waals surface area contributed by atoms with Crippen molar-refractivity contribution in [1.29, 1.82) is 0 Å². The van der Waals surface area contributed by atoms with E-state index in [4.69, 9.17) is 0 Å². The van der Waals surface area contributed by atoms with Crippen molar-refractivity contribution in [3.63, 3.8) is 0 Å². The number of aromatic amines is 1. The van der Waals surface area contributed by atoms with Gasteiger partial charge in [-0.15, -0.1) is 0 Å². The minimum Gasteiger partial charge on any atom is -0.296 e. The SMILES string of the molecule is Cc1n[nH]c(C)c1CN1CCN(Cc2cccnc2)CC1. The smallest absolute Gasteiger partial charge is 0.0639 e. The molecular weight excluding hydrogens is 262 g/mol. The van der Waals surface area contributed by atoms with Crippen molar-refractivity contribution in [2.24, 2.45) is 0 Å². The van der Waals surface area contributed by atoms with Gasteiger partial charge in [0.1, 0.15) is 0 Å². The molecule has 0 atom stereocenters. The molecule has 0 amide bonds. The van der Waals surface area contributed by atoms with Crippen LogP contribution in [0.1, 0.15) is 22.5 Å². The number of H-pyrrole nitrogens is 1. The van der Waals surface area contributed by atoms with Crippen molar-refractivity contribution in [2.75, 3.05) is 26.2 Å². The molecular formula is C16H23N5. The average Bonchev–Trinajstić information content (AvgIpc) is 2.82. The zero-order chi connectivity index (χ0) is 14.7. The summed E-state index contributed by atoms with van der Waals surface area (Å²) in [6.07, 6.45) is 3.79. The minimum atomic E-state index is 1.01. The van der Waals surface area contributed by atoms with Crippen molar-refractivity contribution in [1.82, 2.24) is 25.0 Å². The Hall–Kier alpha value is -1.72. The largest absolute Gasteiger partial charge is 0.296 e. The van der Waals surface area contributed by atoms with E-state index in [0.717, 1.165) is 45.0 Å². The second kappa shape index (κ2) is 6.37. The molecule has 0 spiro atoms. The molecule has 0 unspecified atom stereocenters. The molecule has 2 aromatic heterocycles. The lowest BCUT2D eigenvalue weighted by Crippen LogP contribution is -2.45. The number of nitrogens with zero attached hydrogens (tertiary/aromatic N) is 4. The first-order valence-corrected chi connectivity index (χ1v) is 7.56. The summed E-state index contributed by atoms with van der Waals surface area (Å²) in [5.41, 5.74) is 4.98. The van der Waals surface area contributed by atoms with Crippen LogP contribution in [0.15, 0.2) is 24.5 Å². The Morgan fingerprint density at radius 1 is 1.10 bits per heavy atom. The Kier molecular flexibility index (Phi) is 4.31. The summed E-state index contributed by atoms with van der Waals surface area (Å²) in [5, 5.41) is 7.36. The minimum absolute atomic E-state index is 1.01. The van der Waals surface area contributed by atoms with Gasteiger partial charge in [0.25, 0.3) is 0 Å². The molecule has 0 radical (unpaired) electrons. The molecule has 3 heterocycles. The number of nitrogens with one attached hydrogen (secondary N) is 1. The third-order valence-corrected chi connectivity index (χ3v) is 4.26. The lowest BCUT2D eigenvalue weighted by molar-refractivity contribution is 0.121. The van der Waals surface area contributed by atoms with Gasteiger partial charge in [-0.1, -0.05) is 6.07 Å². The number of pyridine rings is 1. The lowest BCUT2D eigenvalue weighted by atomic mass is 10.1. The third kappa shape index (κ3) is 3.49. The van der Waals surface area contributed by atoms with E-state index >= 15 is 0 Å². The standard InChI is InChI=1S/C16H23N5/c1-13-16(14(2)19-18-13)12-21-8-6-20(7-9-21)11-15-4-3-5-17-10-15/h3-5,10H,6-9,11-12H2,1-2H3,(H,18,19). The molecule has 3 rings (SSSR count). The number of rotatable bonds is 4. The first-order valence-electron chi connectivity index (χ1n) is 7.56. The van der Waals surface area contributed by atoms with Gasteiger partial charge in [0.05, 0.1) is 5.69 Å². The van der Waals surface area contributed by atoms with Crippen LogP contribution in [0.25, 0.3) is 0 Å². The predicted octanol–water partition coefficient (Wildman–Crippen LogP) is 1.74. The van der Waals surface area contributed by atoms with Gasteiger partial charge in [-0.05, 0) is 25.5 Å². The van der Waals surface area contributed by atoms with E-state index in [9.17, 15) is 0 Å². The maximum absolute atomic E-state index is 4.28. The molecule has 2 aromatic rings. The molecule has 0 aliphatic carbocycles. The second-order valence-electron chi connectivity index (χ2n) is 5.83.